The average molecular weight is 342 g/mol. The van der Waals surface area contributed by atoms with Gasteiger partial charge in [0.25, 0.3) is 0 Å². The maximum atomic E-state index is 12.7. The van der Waals surface area contributed by atoms with E-state index >= 15 is 0 Å². The lowest BCUT2D eigenvalue weighted by Crippen LogP contribution is -2.44. The summed E-state index contributed by atoms with van der Waals surface area (Å²) >= 11 is 0. The molecule has 4 heteroatoms. The molecule has 4 nitrogen and oxygen atoms in total. The molecule has 0 amide bonds. The Hall–Kier alpha value is -1.81. The number of esters is 1. The van der Waals surface area contributed by atoms with Crippen molar-refractivity contribution in [1.29, 1.82) is 0 Å². The van der Waals surface area contributed by atoms with Crippen molar-refractivity contribution in [3.63, 3.8) is 0 Å². The van der Waals surface area contributed by atoms with E-state index in [-0.39, 0.29) is 11.4 Å². The summed E-state index contributed by atoms with van der Waals surface area (Å²) in [6.45, 7) is 6.82. The zero-order chi connectivity index (χ0) is 17.8. The molecular formula is C21H26O4. The van der Waals surface area contributed by atoms with Crippen molar-refractivity contribution in [1.82, 2.24) is 0 Å². The second kappa shape index (κ2) is 5.60. The summed E-state index contributed by atoms with van der Waals surface area (Å²) < 4.78 is 11.8. The van der Waals surface area contributed by atoms with Crippen LogP contribution in [-0.4, -0.2) is 28.9 Å². The first-order chi connectivity index (χ1) is 11.9. The van der Waals surface area contributed by atoms with E-state index in [4.69, 9.17) is 9.47 Å². The lowest BCUT2D eigenvalue weighted by molar-refractivity contribution is -0.156. The number of hydrogen-bond donors (Lipinski definition) is 1. The van der Waals surface area contributed by atoms with Gasteiger partial charge in [-0.1, -0.05) is 17.7 Å². The zero-order valence-corrected chi connectivity index (χ0v) is 15.3. The molecule has 0 atom stereocenters. The highest BCUT2D eigenvalue weighted by molar-refractivity contribution is 6.20. The second-order valence-electron chi connectivity index (χ2n) is 8.02. The molecule has 0 bridgehead atoms. The van der Waals surface area contributed by atoms with Crippen LogP contribution < -0.4 is 0 Å². The number of aryl methyl sites for hydroxylation is 3. The first kappa shape index (κ1) is 16.6. The van der Waals surface area contributed by atoms with Crippen LogP contribution in [0.1, 0.15) is 60.8 Å². The van der Waals surface area contributed by atoms with Gasteiger partial charge in [0.1, 0.15) is 5.57 Å². The number of rotatable bonds is 1. The highest BCUT2D eigenvalue weighted by Crippen LogP contribution is 2.51. The minimum absolute atomic E-state index is 0.0591. The Balaban J connectivity index is 1.71. The van der Waals surface area contributed by atoms with E-state index in [0.717, 1.165) is 54.5 Å². The van der Waals surface area contributed by atoms with Crippen LogP contribution in [0.3, 0.4) is 0 Å². The van der Waals surface area contributed by atoms with Crippen molar-refractivity contribution >= 4 is 11.5 Å². The number of carbonyl (C=O) groups is 1. The van der Waals surface area contributed by atoms with Gasteiger partial charge in [0.15, 0.2) is 11.4 Å². The average Bonchev–Trinajstić information content (AvgIpc) is 3.09. The van der Waals surface area contributed by atoms with Gasteiger partial charge < -0.3 is 14.6 Å². The molecule has 1 N–H and O–H groups in total. The molecule has 1 saturated carbocycles. The third-order valence-electron chi connectivity index (χ3n) is 6.24. The smallest absolute Gasteiger partial charge is 0.343 e. The van der Waals surface area contributed by atoms with Crippen molar-refractivity contribution in [2.75, 3.05) is 6.61 Å². The van der Waals surface area contributed by atoms with Crippen LogP contribution in [0, 0.1) is 20.8 Å². The fourth-order valence-electron chi connectivity index (χ4n) is 4.99. The Labute approximate surface area is 148 Å². The van der Waals surface area contributed by atoms with Gasteiger partial charge in [0.2, 0.25) is 0 Å². The van der Waals surface area contributed by atoms with E-state index < -0.39 is 11.6 Å². The summed E-state index contributed by atoms with van der Waals surface area (Å²) in [7, 11) is 0. The van der Waals surface area contributed by atoms with Gasteiger partial charge in [-0.3, -0.25) is 0 Å². The Morgan fingerprint density at radius 1 is 1.00 bits per heavy atom. The maximum Gasteiger partial charge on any atom is 0.343 e. The SMILES string of the molecule is Cc1cc(C)c(C2=C(O)C3(CCC4(CCCO4)CC3)OC2=O)c(C)c1. The summed E-state index contributed by atoms with van der Waals surface area (Å²) in [6, 6.07) is 4.09. The fraction of sp³-hybridized carbons (Fsp3) is 0.571. The summed E-state index contributed by atoms with van der Waals surface area (Å²) in [6.07, 6.45) is 5.12. The van der Waals surface area contributed by atoms with Crippen LogP contribution in [0.4, 0.5) is 0 Å². The molecule has 1 saturated heterocycles. The van der Waals surface area contributed by atoms with E-state index in [2.05, 4.69) is 0 Å². The van der Waals surface area contributed by atoms with Gasteiger partial charge in [-0.05, 0) is 76.0 Å². The largest absolute Gasteiger partial charge is 0.507 e. The summed E-state index contributed by atoms with van der Waals surface area (Å²) in [4.78, 5) is 12.7. The van der Waals surface area contributed by atoms with Crippen LogP contribution in [-0.2, 0) is 14.3 Å². The molecule has 0 radical (unpaired) electrons. The van der Waals surface area contributed by atoms with Crippen molar-refractivity contribution < 1.29 is 19.4 Å². The molecule has 2 aliphatic heterocycles. The Bertz CT molecular complexity index is 735. The molecule has 1 aliphatic carbocycles. The van der Waals surface area contributed by atoms with Gasteiger partial charge in [-0.2, -0.15) is 0 Å². The predicted molar refractivity (Wildman–Crippen MR) is 95.4 cm³/mol. The Morgan fingerprint density at radius 3 is 2.20 bits per heavy atom. The number of aliphatic hydroxyl groups is 1. The van der Waals surface area contributed by atoms with E-state index in [1.807, 2.05) is 32.9 Å². The number of carbonyl (C=O) groups excluding carboxylic acids is 1. The van der Waals surface area contributed by atoms with Gasteiger partial charge in [-0.25, -0.2) is 4.79 Å². The topological polar surface area (TPSA) is 55.8 Å². The normalized spacial score (nSPS) is 32.0. The first-order valence-electron chi connectivity index (χ1n) is 9.25. The van der Waals surface area contributed by atoms with Crippen LogP contribution in [0.2, 0.25) is 0 Å². The highest BCUT2D eigenvalue weighted by atomic mass is 16.6. The van der Waals surface area contributed by atoms with E-state index in [1.165, 1.54) is 0 Å². The molecular weight excluding hydrogens is 316 g/mol. The molecule has 4 rings (SSSR count). The molecule has 134 valence electrons. The fourth-order valence-corrected chi connectivity index (χ4v) is 4.99. The molecule has 0 aromatic heterocycles. The summed E-state index contributed by atoms with van der Waals surface area (Å²) in [5, 5.41) is 11.0. The predicted octanol–water partition coefficient (Wildman–Crippen LogP) is 4.30. The molecule has 1 aromatic carbocycles. The molecule has 2 fully saturated rings. The van der Waals surface area contributed by atoms with Crippen molar-refractivity contribution in [2.24, 2.45) is 0 Å². The van der Waals surface area contributed by atoms with Crippen LogP contribution >= 0.6 is 0 Å². The van der Waals surface area contributed by atoms with Crippen molar-refractivity contribution in [3.05, 3.63) is 40.1 Å². The van der Waals surface area contributed by atoms with E-state index in [0.29, 0.717) is 18.4 Å². The molecule has 3 aliphatic rings. The number of hydrogen-bond acceptors (Lipinski definition) is 4. The standard InChI is InChI=1S/C21H26O4/c1-13-11-14(2)16(15(3)12-13)17-18(22)21(25-19(17)23)8-6-20(7-9-21)5-4-10-24-20/h11-12,22H,4-10H2,1-3H3. The molecule has 1 aromatic rings. The first-order valence-corrected chi connectivity index (χ1v) is 9.25. The van der Waals surface area contributed by atoms with Gasteiger partial charge in [-0.15, -0.1) is 0 Å². The monoisotopic (exact) mass is 342 g/mol. The third kappa shape index (κ3) is 2.50. The Kier molecular flexibility index (Phi) is 3.73. The van der Waals surface area contributed by atoms with Crippen LogP contribution in [0.25, 0.3) is 5.57 Å². The summed E-state index contributed by atoms with van der Waals surface area (Å²) in [5.74, 6) is -0.267. The van der Waals surface area contributed by atoms with Gasteiger partial charge >= 0.3 is 5.97 Å². The van der Waals surface area contributed by atoms with Crippen LogP contribution in [0.5, 0.6) is 0 Å². The van der Waals surface area contributed by atoms with Crippen LogP contribution in [0.15, 0.2) is 17.9 Å². The van der Waals surface area contributed by atoms with E-state index in [9.17, 15) is 9.90 Å². The van der Waals surface area contributed by atoms with Crippen molar-refractivity contribution in [3.8, 4) is 0 Å². The lowest BCUT2D eigenvalue weighted by Gasteiger charge is -2.41. The molecule has 0 unspecified atom stereocenters. The molecule has 2 spiro atoms. The molecule has 2 heterocycles. The second-order valence-corrected chi connectivity index (χ2v) is 8.02. The quantitative estimate of drug-likeness (QED) is 0.773. The number of benzene rings is 1. The highest BCUT2D eigenvalue weighted by Gasteiger charge is 2.54. The van der Waals surface area contributed by atoms with E-state index in [1.54, 1.807) is 0 Å². The number of ether oxygens (including phenoxy) is 2. The minimum atomic E-state index is -0.854. The molecule has 25 heavy (non-hydrogen) atoms. The van der Waals surface area contributed by atoms with Gasteiger partial charge in [0, 0.05) is 6.61 Å². The lowest BCUT2D eigenvalue weighted by atomic mass is 9.73. The summed E-state index contributed by atoms with van der Waals surface area (Å²) in [5.41, 5.74) is 3.42. The van der Waals surface area contributed by atoms with Crippen molar-refractivity contribution in [2.45, 2.75) is 70.5 Å². The zero-order valence-electron chi connectivity index (χ0n) is 15.3. The van der Waals surface area contributed by atoms with Gasteiger partial charge in [0.05, 0.1) is 5.60 Å². The maximum absolute atomic E-state index is 12.7. The minimum Gasteiger partial charge on any atom is -0.507 e. The third-order valence-corrected chi connectivity index (χ3v) is 6.24. The Morgan fingerprint density at radius 2 is 1.64 bits per heavy atom. The number of aliphatic hydroxyl groups excluding tert-OH is 1.